The van der Waals surface area contributed by atoms with Crippen molar-refractivity contribution in [1.29, 1.82) is 0 Å². The smallest absolute Gasteiger partial charge is 0.241 e. The Morgan fingerprint density at radius 1 is 1.41 bits per heavy atom. The van der Waals surface area contributed by atoms with Crippen molar-refractivity contribution in [3.63, 3.8) is 0 Å². The SMILES string of the molecule is CCCC(O)CNS(=O)(=O)c1ccccc1Br. The molecular weight excluding hydrogens is 306 g/mol. The van der Waals surface area contributed by atoms with E-state index in [4.69, 9.17) is 0 Å². The van der Waals surface area contributed by atoms with Gasteiger partial charge >= 0.3 is 0 Å². The molecule has 0 bridgehead atoms. The predicted octanol–water partition coefficient (Wildman–Crippen LogP) is 1.89. The third-order valence-electron chi connectivity index (χ3n) is 2.26. The Hall–Kier alpha value is -0.430. The minimum absolute atomic E-state index is 0.0392. The average molecular weight is 322 g/mol. The third kappa shape index (κ3) is 4.39. The zero-order valence-electron chi connectivity index (χ0n) is 9.56. The molecule has 0 aliphatic heterocycles. The van der Waals surface area contributed by atoms with Gasteiger partial charge in [0.05, 0.1) is 11.0 Å². The summed E-state index contributed by atoms with van der Waals surface area (Å²) in [6.07, 6.45) is 0.758. The molecule has 0 aromatic heterocycles. The van der Waals surface area contributed by atoms with E-state index in [1.165, 1.54) is 6.07 Å². The highest BCUT2D eigenvalue weighted by Crippen LogP contribution is 2.20. The molecule has 2 N–H and O–H groups in total. The average Bonchev–Trinajstić information content (AvgIpc) is 2.27. The summed E-state index contributed by atoms with van der Waals surface area (Å²) < 4.78 is 26.7. The molecule has 0 saturated heterocycles. The van der Waals surface area contributed by atoms with E-state index in [9.17, 15) is 13.5 Å². The second-order valence-electron chi connectivity index (χ2n) is 3.72. The quantitative estimate of drug-likeness (QED) is 0.840. The summed E-state index contributed by atoms with van der Waals surface area (Å²) in [4.78, 5) is 0.184. The monoisotopic (exact) mass is 321 g/mol. The fourth-order valence-electron chi connectivity index (χ4n) is 1.38. The Labute approximate surface area is 110 Å². The van der Waals surface area contributed by atoms with E-state index in [1.54, 1.807) is 18.2 Å². The molecule has 17 heavy (non-hydrogen) atoms. The lowest BCUT2D eigenvalue weighted by Crippen LogP contribution is -2.32. The van der Waals surface area contributed by atoms with E-state index >= 15 is 0 Å². The van der Waals surface area contributed by atoms with Gasteiger partial charge in [0.15, 0.2) is 0 Å². The van der Waals surface area contributed by atoms with Crippen LogP contribution in [0.25, 0.3) is 0 Å². The van der Waals surface area contributed by atoms with Crippen molar-refractivity contribution in [3.8, 4) is 0 Å². The van der Waals surface area contributed by atoms with Crippen molar-refractivity contribution in [1.82, 2.24) is 4.72 Å². The zero-order valence-corrected chi connectivity index (χ0v) is 12.0. The number of nitrogens with one attached hydrogen (secondary N) is 1. The largest absolute Gasteiger partial charge is 0.392 e. The maximum atomic E-state index is 11.9. The van der Waals surface area contributed by atoms with Gasteiger partial charge in [-0.05, 0) is 34.5 Å². The third-order valence-corrected chi connectivity index (χ3v) is 4.69. The summed E-state index contributed by atoms with van der Waals surface area (Å²) in [5, 5.41) is 9.49. The maximum absolute atomic E-state index is 11.9. The van der Waals surface area contributed by atoms with Crippen LogP contribution in [0, 0.1) is 0 Å². The Morgan fingerprint density at radius 2 is 2.06 bits per heavy atom. The van der Waals surface area contributed by atoms with E-state index in [2.05, 4.69) is 20.7 Å². The van der Waals surface area contributed by atoms with Gasteiger partial charge in [-0.2, -0.15) is 0 Å². The van der Waals surface area contributed by atoms with Gasteiger partial charge in [-0.25, -0.2) is 13.1 Å². The first-order valence-corrected chi connectivity index (χ1v) is 7.67. The molecule has 1 unspecified atom stereocenters. The standard InChI is InChI=1S/C11H16BrNO3S/c1-2-5-9(14)8-13-17(15,16)11-7-4-3-6-10(11)12/h3-4,6-7,9,13-14H,2,5,8H2,1H3. The lowest BCUT2D eigenvalue weighted by atomic mass is 10.2. The number of hydrogen-bond donors (Lipinski definition) is 2. The zero-order chi connectivity index (χ0) is 12.9. The molecular formula is C11H16BrNO3S. The van der Waals surface area contributed by atoms with Crippen LogP contribution in [0.4, 0.5) is 0 Å². The molecule has 1 rings (SSSR count). The second-order valence-corrected chi connectivity index (χ2v) is 6.31. The first-order chi connectivity index (χ1) is 7.97. The predicted molar refractivity (Wildman–Crippen MR) is 70.2 cm³/mol. The van der Waals surface area contributed by atoms with Crippen molar-refractivity contribution in [2.45, 2.75) is 30.8 Å². The van der Waals surface area contributed by atoms with Gasteiger partial charge < -0.3 is 5.11 Å². The Kier molecular flexibility index (Phi) is 5.58. The van der Waals surface area contributed by atoms with Crippen LogP contribution in [0.3, 0.4) is 0 Å². The molecule has 0 saturated carbocycles. The number of sulfonamides is 1. The molecule has 96 valence electrons. The summed E-state index contributed by atoms with van der Waals surface area (Å²) in [6, 6.07) is 6.58. The molecule has 4 nitrogen and oxygen atoms in total. The lowest BCUT2D eigenvalue weighted by Gasteiger charge is -2.12. The summed E-state index contributed by atoms with van der Waals surface area (Å²) in [7, 11) is -3.56. The van der Waals surface area contributed by atoms with Gasteiger partial charge in [-0.15, -0.1) is 0 Å². The highest BCUT2D eigenvalue weighted by Gasteiger charge is 2.17. The van der Waals surface area contributed by atoms with Crippen LogP contribution in [0.2, 0.25) is 0 Å². The minimum Gasteiger partial charge on any atom is -0.392 e. The number of rotatable bonds is 6. The van der Waals surface area contributed by atoms with Crippen molar-refractivity contribution >= 4 is 26.0 Å². The Morgan fingerprint density at radius 3 is 2.65 bits per heavy atom. The van der Waals surface area contributed by atoms with Gasteiger partial charge in [-0.3, -0.25) is 0 Å². The topological polar surface area (TPSA) is 66.4 Å². The van der Waals surface area contributed by atoms with Crippen LogP contribution in [0.15, 0.2) is 33.6 Å². The van der Waals surface area contributed by atoms with E-state index in [0.717, 1.165) is 6.42 Å². The molecule has 1 atom stereocenters. The summed E-state index contributed by atoms with van der Waals surface area (Å²) in [5.41, 5.74) is 0. The Bertz CT molecular complexity index is 462. The maximum Gasteiger partial charge on any atom is 0.241 e. The highest BCUT2D eigenvalue weighted by molar-refractivity contribution is 9.10. The van der Waals surface area contributed by atoms with Crippen LogP contribution >= 0.6 is 15.9 Å². The minimum atomic E-state index is -3.56. The first-order valence-electron chi connectivity index (χ1n) is 5.39. The van der Waals surface area contributed by atoms with Crippen molar-refractivity contribution in [2.75, 3.05) is 6.54 Å². The summed E-state index contributed by atoms with van der Waals surface area (Å²) in [5.74, 6) is 0. The van der Waals surface area contributed by atoms with Gasteiger partial charge in [0.1, 0.15) is 0 Å². The molecule has 0 fully saturated rings. The highest BCUT2D eigenvalue weighted by atomic mass is 79.9. The number of hydrogen-bond acceptors (Lipinski definition) is 3. The van der Waals surface area contributed by atoms with E-state index in [1.807, 2.05) is 6.92 Å². The summed E-state index contributed by atoms with van der Waals surface area (Å²) >= 11 is 3.19. The fraction of sp³-hybridized carbons (Fsp3) is 0.455. The fourth-order valence-corrected chi connectivity index (χ4v) is 3.46. The second kappa shape index (κ2) is 6.49. The van der Waals surface area contributed by atoms with Crippen LogP contribution < -0.4 is 4.72 Å². The molecule has 0 heterocycles. The van der Waals surface area contributed by atoms with Crippen molar-refractivity contribution in [2.24, 2.45) is 0 Å². The van der Waals surface area contributed by atoms with Gasteiger partial charge in [0.2, 0.25) is 10.0 Å². The summed E-state index contributed by atoms with van der Waals surface area (Å²) in [6.45, 7) is 1.98. The molecule has 6 heteroatoms. The number of halogens is 1. The van der Waals surface area contributed by atoms with E-state index < -0.39 is 16.1 Å². The van der Waals surface area contributed by atoms with Crippen LogP contribution in [-0.4, -0.2) is 26.2 Å². The van der Waals surface area contributed by atoms with Crippen LogP contribution in [-0.2, 0) is 10.0 Å². The van der Waals surface area contributed by atoms with Crippen LogP contribution in [0.1, 0.15) is 19.8 Å². The van der Waals surface area contributed by atoms with Crippen LogP contribution in [0.5, 0.6) is 0 Å². The Balaban J connectivity index is 2.73. The molecule has 0 amide bonds. The molecule has 1 aromatic carbocycles. The molecule has 0 spiro atoms. The molecule has 1 aromatic rings. The number of aliphatic hydroxyl groups excluding tert-OH is 1. The van der Waals surface area contributed by atoms with E-state index in [-0.39, 0.29) is 11.4 Å². The van der Waals surface area contributed by atoms with Gasteiger partial charge in [0.25, 0.3) is 0 Å². The molecule has 0 aliphatic rings. The normalized spacial score (nSPS) is 13.6. The number of benzene rings is 1. The molecule has 0 radical (unpaired) electrons. The van der Waals surface area contributed by atoms with Gasteiger partial charge in [-0.1, -0.05) is 25.5 Å². The number of aliphatic hydroxyl groups is 1. The van der Waals surface area contributed by atoms with Gasteiger partial charge in [0, 0.05) is 11.0 Å². The van der Waals surface area contributed by atoms with Crippen molar-refractivity contribution < 1.29 is 13.5 Å². The molecule has 0 aliphatic carbocycles. The van der Waals surface area contributed by atoms with E-state index in [0.29, 0.717) is 10.9 Å². The van der Waals surface area contributed by atoms with Crippen molar-refractivity contribution in [3.05, 3.63) is 28.7 Å². The lowest BCUT2D eigenvalue weighted by molar-refractivity contribution is 0.167. The first kappa shape index (κ1) is 14.6.